The second-order valence-electron chi connectivity index (χ2n) is 5.93. The van der Waals surface area contributed by atoms with Gasteiger partial charge in [0.15, 0.2) is 5.16 Å². The molecule has 0 bridgehead atoms. The van der Waals surface area contributed by atoms with Crippen molar-refractivity contribution in [2.24, 2.45) is 0 Å². The molecule has 0 aliphatic heterocycles. The first-order valence-electron chi connectivity index (χ1n) is 8.23. The maximum Gasteiger partial charge on any atom is 0.267 e. The number of thiophene rings is 1. The van der Waals surface area contributed by atoms with Crippen molar-refractivity contribution in [2.75, 3.05) is 5.75 Å². The standard InChI is InChI=1S/C18H16N4O2S2/c23-15(19-17(24)14-7-4-10-25-14)11-26-18-21-20-16(12-8-9-12)22(18)13-5-2-1-3-6-13/h1-7,10,12H,8-9,11H2,(H,19,23,24). The van der Waals surface area contributed by atoms with Crippen LogP contribution in [-0.4, -0.2) is 32.3 Å². The molecule has 26 heavy (non-hydrogen) atoms. The Balaban J connectivity index is 1.47. The van der Waals surface area contributed by atoms with Gasteiger partial charge in [-0.25, -0.2) is 0 Å². The predicted molar refractivity (Wildman–Crippen MR) is 101 cm³/mol. The number of para-hydroxylation sites is 1. The third-order valence-corrected chi connectivity index (χ3v) is 5.74. The van der Waals surface area contributed by atoms with Crippen LogP contribution in [-0.2, 0) is 4.79 Å². The highest BCUT2D eigenvalue weighted by Crippen LogP contribution is 2.41. The quantitative estimate of drug-likeness (QED) is 0.660. The number of benzene rings is 1. The lowest BCUT2D eigenvalue weighted by Gasteiger charge is -2.09. The van der Waals surface area contributed by atoms with E-state index in [4.69, 9.17) is 0 Å². The summed E-state index contributed by atoms with van der Waals surface area (Å²) in [5.41, 5.74) is 0.983. The molecule has 0 saturated heterocycles. The molecule has 3 aromatic rings. The van der Waals surface area contributed by atoms with Gasteiger partial charge in [0, 0.05) is 11.6 Å². The summed E-state index contributed by atoms with van der Waals surface area (Å²) >= 11 is 2.59. The van der Waals surface area contributed by atoms with Crippen LogP contribution in [0.25, 0.3) is 5.69 Å². The molecule has 1 saturated carbocycles. The van der Waals surface area contributed by atoms with E-state index in [1.165, 1.54) is 23.1 Å². The van der Waals surface area contributed by atoms with Crippen molar-refractivity contribution in [2.45, 2.75) is 23.9 Å². The minimum Gasteiger partial charge on any atom is -0.291 e. The molecule has 8 heteroatoms. The first kappa shape index (κ1) is 17.0. The molecule has 132 valence electrons. The van der Waals surface area contributed by atoms with E-state index >= 15 is 0 Å². The number of imide groups is 1. The first-order valence-corrected chi connectivity index (χ1v) is 10.1. The van der Waals surface area contributed by atoms with Gasteiger partial charge in [-0.3, -0.25) is 19.5 Å². The zero-order chi connectivity index (χ0) is 17.9. The molecule has 1 aliphatic rings. The van der Waals surface area contributed by atoms with Crippen LogP contribution in [0.5, 0.6) is 0 Å². The largest absolute Gasteiger partial charge is 0.291 e. The Hall–Kier alpha value is -2.45. The SMILES string of the molecule is O=C(CSc1nnc(C2CC2)n1-c1ccccc1)NC(=O)c1cccs1. The van der Waals surface area contributed by atoms with Crippen molar-refractivity contribution >= 4 is 34.9 Å². The van der Waals surface area contributed by atoms with Crippen molar-refractivity contribution in [3.63, 3.8) is 0 Å². The molecule has 2 aromatic heterocycles. The third-order valence-electron chi connectivity index (χ3n) is 3.95. The molecule has 0 unspecified atom stereocenters. The summed E-state index contributed by atoms with van der Waals surface area (Å²) in [4.78, 5) is 24.6. The van der Waals surface area contributed by atoms with Crippen LogP contribution < -0.4 is 5.32 Å². The maximum absolute atomic E-state index is 12.1. The Morgan fingerprint density at radius 2 is 1.96 bits per heavy atom. The smallest absolute Gasteiger partial charge is 0.267 e. The highest BCUT2D eigenvalue weighted by Gasteiger charge is 2.31. The van der Waals surface area contributed by atoms with Crippen LogP contribution in [0.2, 0.25) is 0 Å². The summed E-state index contributed by atoms with van der Waals surface area (Å²) < 4.78 is 2.01. The average molecular weight is 384 g/mol. The van der Waals surface area contributed by atoms with E-state index in [0.29, 0.717) is 16.0 Å². The van der Waals surface area contributed by atoms with Crippen molar-refractivity contribution in [1.82, 2.24) is 20.1 Å². The van der Waals surface area contributed by atoms with Crippen LogP contribution in [0.3, 0.4) is 0 Å². The van der Waals surface area contributed by atoms with E-state index < -0.39 is 0 Å². The van der Waals surface area contributed by atoms with Crippen molar-refractivity contribution in [3.05, 3.63) is 58.5 Å². The Morgan fingerprint density at radius 1 is 1.15 bits per heavy atom. The van der Waals surface area contributed by atoms with Crippen LogP contribution in [0.15, 0.2) is 53.0 Å². The fourth-order valence-corrected chi connectivity index (χ4v) is 3.94. The number of carbonyl (C=O) groups excluding carboxylic acids is 2. The lowest BCUT2D eigenvalue weighted by molar-refractivity contribution is -0.117. The van der Waals surface area contributed by atoms with Gasteiger partial charge >= 0.3 is 0 Å². The molecule has 6 nitrogen and oxygen atoms in total. The summed E-state index contributed by atoms with van der Waals surface area (Å²) in [5, 5.41) is 13.5. The molecule has 1 aliphatic carbocycles. The lowest BCUT2D eigenvalue weighted by atomic mass is 10.3. The summed E-state index contributed by atoms with van der Waals surface area (Å²) in [5.74, 6) is 0.769. The number of nitrogens with zero attached hydrogens (tertiary/aromatic N) is 3. The summed E-state index contributed by atoms with van der Waals surface area (Å²) in [6, 6.07) is 13.4. The van der Waals surface area contributed by atoms with Gasteiger partial charge in [-0.15, -0.1) is 21.5 Å². The van der Waals surface area contributed by atoms with Crippen molar-refractivity contribution in [1.29, 1.82) is 0 Å². The number of amides is 2. The summed E-state index contributed by atoms with van der Waals surface area (Å²) in [6.07, 6.45) is 2.23. The molecule has 1 aromatic carbocycles. The van der Waals surface area contributed by atoms with Gasteiger partial charge < -0.3 is 0 Å². The third kappa shape index (κ3) is 3.71. The highest BCUT2D eigenvalue weighted by molar-refractivity contribution is 7.99. The highest BCUT2D eigenvalue weighted by atomic mass is 32.2. The Labute approximate surface area is 158 Å². The molecular weight excluding hydrogens is 368 g/mol. The molecule has 1 N–H and O–H groups in total. The van der Waals surface area contributed by atoms with Crippen LogP contribution >= 0.6 is 23.1 Å². The number of thioether (sulfide) groups is 1. The number of nitrogens with one attached hydrogen (secondary N) is 1. The summed E-state index contributed by atoms with van der Waals surface area (Å²) in [6.45, 7) is 0. The van der Waals surface area contributed by atoms with Gasteiger partial charge in [-0.05, 0) is 36.4 Å². The molecule has 2 heterocycles. The van der Waals surface area contributed by atoms with Crippen molar-refractivity contribution in [3.8, 4) is 5.69 Å². The topological polar surface area (TPSA) is 76.9 Å². The van der Waals surface area contributed by atoms with E-state index in [1.54, 1.807) is 17.5 Å². The zero-order valence-electron chi connectivity index (χ0n) is 13.8. The van der Waals surface area contributed by atoms with Gasteiger partial charge in [0.2, 0.25) is 5.91 Å². The monoisotopic (exact) mass is 384 g/mol. The van der Waals surface area contributed by atoms with Crippen LogP contribution in [0, 0.1) is 0 Å². The molecule has 4 rings (SSSR count). The van der Waals surface area contributed by atoms with Crippen LogP contribution in [0.4, 0.5) is 0 Å². The molecule has 0 radical (unpaired) electrons. The predicted octanol–water partition coefficient (Wildman–Crippen LogP) is 3.25. The van der Waals surface area contributed by atoms with E-state index in [1.807, 2.05) is 34.9 Å². The van der Waals surface area contributed by atoms with Gasteiger partial charge in [0.05, 0.1) is 10.6 Å². The van der Waals surface area contributed by atoms with E-state index in [2.05, 4.69) is 15.5 Å². The van der Waals surface area contributed by atoms with Gasteiger partial charge in [0.25, 0.3) is 5.91 Å². The fraction of sp³-hybridized carbons (Fsp3) is 0.222. The Kier molecular flexibility index (Phi) is 4.85. The number of aromatic nitrogens is 3. The van der Waals surface area contributed by atoms with E-state index in [0.717, 1.165) is 24.4 Å². The normalized spacial score (nSPS) is 13.5. The molecule has 1 fully saturated rings. The number of hydrogen-bond donors (Lipinski definition) is 1. The fourth-order valence-electron chi connectivity index (χ4n) is 2.56. The lowest BCUT2D eigenvalue weighted by Crippen LogP contribution is -2.31. The molecule has 2 amide bonds. The second kappa shape index (κ2) is 7.43. The molecular formula is C18H16N4O2S2. The minimum atomic E-state index is -0.367. The summed E-state index contributed by atoms with van der Waals surface area (Å²) in [7, 11) is 0. The van der Waals surface area contributed by atoms with Gasteiger partial charge in [-0.1, -0.05) is 36.0 Å². The Morgan fingerprint density at radius 3 is 2.65 bits per heavy atom. The Bertz CT molecular complexity index is 918. The zero-order valence-corrected chi connectivity index (χ0v) is 15.4. The second-order valence-corrected chi connectivity index (χ2v) is 7.82. The molecule has 0 spiro atoms. The number of rotatable bonds is 6. The van der Waals surface area contributed by atoms with Crippen LogP contribution in [0.1, 0.15) is 34.3 Å². The average Bonchev–Trinajstić information content (AvgIpc) is 3.19. The number of carbonyl (C=O) groups is 2. The molecule has 0 atom stereocenters. The van der Waals surface area contributed by atoms with Crippen molar-refractivity contribution < 1.29 is 9.59 Å². The van der Waals surface area contributed by atoms with E-state index in [9.17, 15) is 9.59 Å². The maximum atomic E-state index is 12.1. The first-order chi connectivity index (χ1) is 12.7. The van der Waals surface area contributed by atoms with E-state index in [-0.39, 0.29) is 17.6 Å². The number of hydrogen-bond acceptors (Lipinski definition) is 6. The van der Waals surface area contributed by atoms with Gasteiger partial charge in [-0.2, -0.15) is 0 Å². The minimum absolute atomic E-state index is 0.104. The van der Waals surface area contributed by atoms with Gasteiger partial charge in [0.1, 0.15) is 5.82 Å².